The van der Waals surface area contributed by atoms with E-state index in [1.165, 1.54) is 0 Å². The summed E-state index contributed by atoms with van der Waals surface area (Å²) < 4.78 is 30.8. The summed E-state index contributed by atoms with van der Waals surface area (Å²) in [5.74, 6) is 0.577. The fraction of sp³-hybridized carbons (Fsp3) is 0.345. The molecule has 0 spiro atoms. The van der Waals surface area contributed by atoms with E-state index in [0.717, 1.165) is 16.7 Å². The Morgan fingerprint density at radius 2 is 1.15 bits per heavy atom. The Labute approximate surface area is 261 Å². The van der Waals surface area contributed by atoms with Gasteiger partial charge in [0.2, 0.25) is 6.10 Å². The van der Waals surface area contributed by atoms with Gasteiger partial charge in [0, 0.05) is 0 Å². The Morgan fingerprint density at radius 1 is 0.707 bits per heavy atom. The van der Waals surface area contributed by atoms with E-state index in [4.69, 9.17) is 76.3 Å². The van der Waals surface area contributed by atoms with Crippen molar-refractivity contribution in [3.05, 3.63) is 108 Å². The zero-order valence-corrected chi connectivity index (χ0v) is 29.5. The van der Waals surface area contributed by atoms with Crippen LogP contribution in [-0.2, 0) is 43.2 Å². The topological polar surface area (TPSA) is 48.2 Å². The Bertz CT molecular complexity index is 1200. The number of esters is 1. The Hall–Kier alpha value is -0.432. The molecule has 0 aliphatic carbocycles. The molecule has 3 aromatic carbocycles. The summed E-state index contributed by atoms with van der Waals surface area (Å²) in [7, 11) is 25.0. The fourth-order valence-corrected chi connectivity index (χ4v) is 3.97. The van der Waals surface area contributed by atoms with Crippen LogP contribution in [-0.4, -0.2) is 46.6 Å². The average Bonchev–Trinajstić information content (AvgIpc) is 2.91. The summed E-state index contributed by atoms with van der Waals surface area (Å²) in [6.07, 6.45) is -0.341. The molecule has 0 aromatic heterocycles. The van der Waals surface area contributed by atoms with Crippen molar-refractivity contribution < 1.29 is 23.4 Å². The van der Waals surface area contributed by atoms with E-state index in [0.29, 0.717) is 45.4 Å². The van der Waals surface area contributed by atoms with Crippen molar-refractivity contribution in [1.29, 1.82) is 0 Å². The number of rotatable bonds is 11. The molecule has 0 unspecified atom stereocenters. The molecular weight excluding hydrogens is 763 g/mol. The van der Waals surface area contributed by atoms with Gasteiger partial charge in [0.15, 0.2) is 12.7 Å². The van der Waals surface area contributed by atoms with Gasteiger partial charge in [-0.25, -0.2) is 0 Å². The van der Waals surface area contributed by atoms with Crippen LogP contribution in [0, 0.1) is 0 Å². The van der Waals surface area contributed by atoms with Crippen molar-refractivity contribution in [2.24, 2.45) is 0 Å². The summed E-state index contributed by atoms with van der Waals surface area (Å²) in [6.45, 7) is 4.33. The first-order valence-electron chi connectivity index (χ1n) is 12.9. The molecule has 0 saturated carbocycles. The minimum atomic E-state index is -5.42. The molecule has 3 atom stereocenters. The normalized spacial score (nSPS) is 21.6. The van der Waals surface area contributed by atoms with Crippen LogP contribution in [0.15, 0.2) is 91.0 Å². The molecule has 12 heteroatoms. The first kappa shape index (κ1) is 35.1. The monoisotopic (exact) mass is 792 g/mol. The van der Waals surface area contributed by atoms with Crippen LogP contribution in [0.2, 0.25) is 0 Å². The van der Waals surface area contributed by atoms with Crippen molar-refractivity contribution in [2.45, 2.75) is 51.5 Å². The molecule has 3 aromatic rings. The number of ether oxygens (including phenoxy) is 4. The first-order chi connectivity index (χ1) is 19.3. The van der Waals surface area contributed by atoms with Crippen LogP contribution >= 0.6 is 53.0 Å². The molecular formula is C29H33Cl6O5Sb. The summed E-state index contributed by atoms with van der Waals surface area (Å²) >= 11 is 0. The molecule has 0 radical (unpaired) electrons. The maximum atomic E-state index is 6.41. The number of carbonyl (C=O) groups excluding carboxylic acids is 1. The van der Waals surface area contributed by atoms with E-state index >= 15 is 0 Å². The van der Waals surface area contributed by atoms with Crippen LogP contribution in [0.5, 0.6) is 0 Å². The van der Waals surface area contributed by atoms with Gasteiger partial charge in [-0.15, -0.1) is 0 Å². The molecule has 5 nitrogen and oxygen atoms in total. The van der Waals surface area contributed by atoms with Gasteiger partial charge in [-0.1, -0.05) is 91.0 Å². The molecule has 4 rings (SSSR count). The fourth-order valence-electron chi connectivity index (χ4n) is 3.97. The molecule has 226 valence electrons. The van der Waals surface area contributed by atoms with Crippen LogP contribution in [0.4, 0.5) is 0 Å². The van der Waals surface area contributed by atoms with Crippen LogP contribution in [0.25, 0.3) is 0 Å². The van der Waals surface area contributed by atoms with E-state index in [1.807, 2.05) is 61.5 Å². The molecule has 41 heavy (non-hydrogen) atoms. The summed E-state index contributed by atoms with van der Waals surface area (Å²) in [4.78, 5) is 0. The Balaban J connectivity index is 0.000000587. The van der Waals surface area contributed by atoms with Gasteiger partial charge in [-0.05, 0) is 23.6 Å². The van der Waals surface area contributed by atoms with E-state index in [2.05, 4.69) is 36.4 Å². The van der Waals surface area contributed by atoms with Crippen LogP contribution in [0.3, 0.4) is 0 Å². The maximum absolute atomic E-state index is 6.41. The number of benzene rings is 3. The Morgan fingerprint density at radius 3 is 1.61 bits per heavy atom. The zero-order valence-electron chi connectivity index (χ0n) is 22.4. The molecule has 0 bridgehead atoms. The molecule has 0 amide bonds. The van der Waals surface area contributed by atoms with Crippen molar-refractivity contribution in [1.82, 2.24) is 0 Å². The van der Waals surface area contributed by atoms with Gasteiger partial charge in [0.25, 0.3) is 0 Å². The second-order valence-corrected chi connectivity index (χ2v) is 66.1. The quantitative estimate of drug-likeness (QED) is 0.111. The predicted octanol–water partition coefficient (Wildman–Crippen LogP) is 9.00. The first-order valence-corrected chi connectivity index (χ1v) is 32.3. The van der Waals surface area contributed by atoms with E-state index in [9.17, 15) is 0 Å². The van der Waals surface area contributed by atoms with Gasteiger partial charge in [0.05, 0.1) is 19.8 Å². The number of halogens is 6. The average molecular weight is 796 g/mol. The van der Waals surface area contributed by atoms with Crippen molar-refractivity contribution in [3.63, 3.8) is 0 Å². The van der Waals surface area contributed by atoms with Gasteiger partial charge >= 0.3 is 68.1 Å². The van der Waals surface area contributed by atoms with E-state index < -0.39 is 9.14 Å². The summed E-state index contributed by atoms with van der Waals surface area (Å²) in [6, 6.07) is 30.4. The third-order valence-corrected chi connectivity index (χ3v) is 5.67. The van der Waals surface area contributed by atoms with Crippen molar-refractivity contribution >= 4 is 68.1 Å². The van der Waals surface area contributed by atoms with Gasteiger partial charge < -0.3 is 23.4 Å². The number of cyclic esters (lactones) is 1. The number of hydrogen-bond acceptors (Lipinski definition) is 4. The number of hydrogen-bond donors (Lipinski definition) is 0. The summed E-state index contributed by atoms with van der Waals surface area (Å²) in [5, 5.41) is 0. The summed E-state index contributed by atoms with van der Waals surface area (Å²) in [5.41, 5.74) is 3.34. The van der Waals surface area contributed by atoms with Crippen LogP contribution < -0.4 is 0 Å². The van der Waals surface area contributed by atoms with Crippen molar-refractivity contribution in [2.75, 3.05) is 13.2 Å². The standard InChI is InChI=1S/C29H33O5.6ClH.Sb/c1-2-31-28-18-26(32-20-24-14-8-4-9-15-24)29(33-21-25-16-10-5-11-17-25)27(34-28)22-30-19-23-12-6-3-7-13-23;;;;;;;/h3-17,26-27,29H,2,18-22H2,1H3;6*1H;/q+1;;;;;;;+5/p-6/t26-,27-,29+;;;;;;;/m1......./s1. The Kier molecular flexibility index (Phi) is 13.3. The SMILES string of the molecule is CC[O+]=C1C[C@@H](OCc2ccccc2)[C@H](OCc2ccccc2)[C@@H](COCc2ccccc2)O1.[Cl][Sb-]([Cl])([Cl])([Cl])([Cl])[Cl]. The molecule has 1 aliphatic rings. The van der Waals surface area contributed by atoms with E-state index in [-0.39, 0.29) is 18.3 Å². The minimum absolute atomic E-state index is 0.218. The molecule has 1 aliphatic heterocycles. The second-order valence-electron chi connectivity index (χ2n) is 9.22. The molecule has 1 saturated heterocycles. The van der Waals surface area contributed by atoms with Crippen molar-refractivity contribution in [3.8, 4) is 0 Å². The molecule has 1 heterocycles. The molecule has 0 N–H and O–H groups in total. The third-order valence-electron chi connectivity index (χ3n) is 5.67. The molecule has 1 fully saturated rings. The second kappa shape index (κ2) is 15.5. The zero-order chi connectivity index (χ0) is 29.8. The van der Waals surface area contributed by atoms with E-state index in [1.54, 1.807) is 0 Å². The third kappa shape index (κ3) is 16.3. The van der Waals surface area contributed by atoms with Gasteiger partial charge in [-0.2, -0.15) is 0 Å². The predicted molar refractivity (Wildman–Crippen MR) is 172 cm³/mol. The van der Waals surface area contributed by atoms with Gasteiger partial charge in [-0.3, -0.25) is 0 Å². The van der Waals surface area contributed by atoms with Gasteiger partial charge in [0.1, 0.15) is 19.1 Å². The van der Waals surface area contributed by atoms with Crippen LogP contribution in [0.1, 0.15) is 30.0 Å².